The van der Waals surface area contributed by atoms with E-state index >= 15 is 0 Å². The minimum Gasteiger partial charge on any atom is -0.246 e. The van der Waals surface area contributed by atoms with Crippen molar-refractivity contribution < 1.29 is 4.79 Å². The van der Waals surface area contributed by atoms with Crippen LogP contribution < -0.4 is 5.43 Å². The number of alkyl halides is 2. The minimum absolute atomic E-state index is 0.417. The normalized spacial score (nSPS) is 17.8. The molecule has 55 valence electrons. The van der Waals surface area contributed by atoms with Gasteiger partial charge in [0.05, 0.1) is 0 Å². The lowest BCUT2D eigenvalue weighted by Gasteiger charge is -2.13. The van der Waals surface area contributed by atoms with Crippen LogP contribution in [0, 0.1) is 0 Å². The second-order valence-electron chi connectivity index (χ2n) is 1.68. The van der Waals surface area contributed by atoms with Gasteiger partial charge in [-0.2, -0.15) is 0 Å². The van der Waals surface area contributed by atoms with Crippen molar-refractivity contribution in [3.8, 4) is 0 Å². The number of carbonyl (C=O) groups is 1. The quantitative estimate of drug-likeness (QED) is 0.441. The lowest BCUT2D eigenvalue weighted by atomic mass is 10.6. The Hall–Kier alpha value is -0.480. The smallest absolute Gasteiger partial charge is 0.246 e. The third kappa shape index (κ3) is 1.17. The molecule has 0 unspecified atom stereocenters. The second kappa shape index (κ2) is 2.64. The highest BCUT2D eigenvalue weighted by molar-refractivity contribution is 6.45. The molecular weight excluding hydrogens is 177 g/mol. The lowest BCUT2D eigenvalue weighted by Crippen LogP contribution is -2.34. The first kappa shape index (κ1) is 7.63. The molecule has 1 aliphatic heterocycles. The van der Waals surface area contributed by atoms with Crippen LogP contribution >= 0.6 is 23.2 Å². The third-order valence-corrected chi connectivity index (χ3v) is 1.42. The van der Waals surface area contributed by atoms with Crippen LogP contribution in [0.2, 0.25) is 0 Å². The van der Waals surface area contributed by atoms with Crippen molar-refractivity contribution >= 4 is 35.1 Å². The number of hydrogen-bond donors (Lipinski definition) is 0. The Labute approximate surface area is 67.8 Å². The molecule has 0 bridgehead atoms. The molecule has 1 radical (unpaired) electrons. The fourth-order valence-electron chi connectivity index (χ4n) is 0.575. The van der Waals surface area contributed by atoms with Crippen LogP contribution in [0.25, 0.3) is 0 Å². The molecule has 0 saturated heterocycles. The summed E-state index contributed by atoms with van der Waals surface area (Å²) in [6.07, 6.45) is 0. The van der Waals surface area contributed by atoms with Gasteiger partial charge < -0.3 is 0 Å². The van der Waals surface area contributed by atoms with E-state index < -0.39 is 11.0 Å². The topological polar surface area (TPSA) is 46.8 Å². The molecule has 1 aliphatic rings. The SMILES string of the molecule is CC1=N[N]C(=O)N1C(Cl)Cl. The molecule has 0 aromatic rings. The maximum atomic E-state index is 10.7. The van der Waals surface area contributed by atoms with Crippen molar-refractivity contribution in [1.29, 1.82) is 0 Å². The zero-order valence-electron chi connectivity index (χ0n) is 5.08. The van der Waals surface area contributed by atoms with Gasteiger partial charge in [-0.3, -0.25) is 0 Å². The minimum atomic E-state index is -0.900. The van der Waals surface area contributed by atoms with Crippen molar-refractivity contribution in [2.45, 2.75) is 11.9 Å². The van der Waals surface area contributed by atoms with E-state index in [0.717, 1.165) is 4.90 Å². The molecule has 0 atom stereocenters. The van der Waals surface area contributed by atoms with Crippen molar-refractivity contribution in [1.82, 2.24) is 10.3 Å². The first-order chi connectivity index (χ1) is 4.63. The predicted octanol–water partition coefficient (Wildman–Crippen LogP) is 1.12. The van der Waals surface area contributed by atoms with Crippen LogP contribution in [0.1, 0.15) is 6.92 Å². The number of nitrogens with zero attached hydrogens (tertiary/aromatic N) is 3. The molecule has 4 nitrogen and oxygen atoms in total. The zero-order valence-corrected chi connectivity index (χ0v) is 6.60. The predicted molar refractivity (Wildman–Crippen MR) is 38.0 cm³/mol. The van der Waals surface area contributed by atoms with Crippen LogP contribution in [0.5, 0.6) is 0 Å². The third-order valence-electron chi connectivity index (χ3n) is 1.03. The first-order valence-corrected chi connectivity index (χ1v) is 3.37. The van der Waals surface area contributed by atoms with Crippen molar-refractivity contribution in [3.63, 3.8) is 0 Å². The highest BCUT2D eigenvalue weighted by Gasteiger charge is 2.28. The number of amidine groups is 1. The lowest BCUT2D eigenvalue weighted by molar-refractivity contribution is 0.227. The summed E-state index contributed by atoms with van der Waals surface area (Å²) in [5, 5.41) is 3.47. The molecule has 0 N–H and O–H groups in total. The van der Waals surface area contributed by atoms with Gasteiger partial charge in [0, 0.05) is 0 Å². The first-order valence-electron chi connectivity index (χ1n) is 2.49. The maximum absolute atomic E-state index is 10.7. The summed E-state index contributed by atoms with van der Waals surface area (Å²) in [5.41, 5.74) is 3.23. The van der Waals surface area contributed by atoms with Crippen LogP contribution in [-0.2, 0) is 0 Å². The Morgan fingerprint density at radius 1 is 1.60 bits per heavy atom. The van der Waals surface area contributed by atoms with Gasteiger partial charge in [-0.1, -0.05) is 28.6 Å². The standard InChI is InChI=1S/C4H4Cl2N3O/c1-2-7-8-4(10)9(2)3(5)6/h3H,1H3. The van der Waals surface area contributed by atoms with Crippen LogP contribution in [0.15, 0.2) is 5.10 Å². The average Bonchev–Trinajstić information content (AvgIpc) is 2.11. The van der Waals surface area contributed by atoms with Crippen LogP contribution in [0.4, 0.5) is 4.79 Å². The van der Waals surface area contributed by atoms with Gasteiger partial charge in [-0.25, -0.2) is 9.69 Å². The molecule has 1 heterocycles. The van der Waals surface area contributed by atoms with Gasteiger partial charge in [0.2, 0.25) is 0 Å². The number of amides is 2. The molecule has 1 rings (SSSR count). The summed E-state index contributed by atoms with van der Waals surface area (Å²) in [6.45, 7) is 1.60. The summed E-state index contributed by atoms with van der Waals surface area (Å²) in [6, 6.07) is -0.521. The highest BCUT2D eigenvalue weighted by atomic mass is 35.5. The fraction of sp³-hybridized carbons (Fsp3) is 0.500. The van der Waals surface area contributed by atoms with Gasteiger partial charge in [0.15, 0.2) is 4.96 Å². The molecule has 0 aliphatic carbocycles. The zero-order chi connectivity index (χ0) is 7.72. The van der Waals surface area contributed by atoms with E-state index in [9.17, 15) is 4.79 Å². The summed E-state index contributed by atoms with van der Waals surface area (Å²) in [4.78, 5) is 10.9. The van der Waals surface area contributed by atoms with E-state index in [-0.39, 0.29) is 0 Å². The van der Waals surface area contributed by atoms with Crippen molar-refractivity contribution in [3.05, 3.63) is 0 Å². The molecule has 0 spiro atoms. The maximum Gasteiger partial charge on any atom is 0.369 e. The Balaban J connectivity index is 2.74. The molecule has 0 saturated carbocycles. The average molecular weight is 181 g/mol. The van der Waals surface area contributed by atoms with E-state index in [1.807, 2.05) is 0 Å². The van der Waals surface area contributed by atoms with Crippen LogP contribution in [0.3, 0.4) is 0 Å². The van der Waals surface area contributed by atoms with Crippen molar-refractivity contribution in [2.75, 3.05) is 0 Å². The number of halogens is 2. The number of urea groups is 1. The van der Waals surface area contributed by atoms with E-state index in [1.54, 1.807) is 6.92 Å². The number of hydrogen-bond acceptors (Lipinski definition) is 2. The molecule has 2 amide bonds. The van der Waals surface area contributed by atoms with E-state index in [2.05, 4.69) is 10.5 Å². The molecule has 0 fully saturated rings. The van der Waals surface area contributed by atoms with Crippen LogP contribution in [-0.4, -0.2) is 21.7 Å². The summed E-state index contributed by atoms with van der Waals surface area (Å²) in [5.74, 6) is 0.417. The summed E-state index contributed by atoms with van der Waals surface area (Å²) >= 11 is 10.8. The molecule has 6 heteroatoms. The number of rotatable bonds is 1. The van der Waals surface area contributed by atoms with Gasteiger partial charge in [0.1, 0.15) is 5.84 Å². The Bertz CT molecular complexity index is 191. The van der Waals surface area contributed by atoms with E-state index in [4.69, 9.17) is 23.2 Å². The fourth-order valence-corrected chi connectivity index (χ4v) is 1.02. The molecule has 0 aromatic carbocycles. The largest absolute Gasteiger partial charge is 0.369 e. The second-order valence-corrected chi connectivity index (χ2v) is 2.73. The van der Waals surface area contributed by atoms with Gasteiger partial charge in [-0.05, 0) is 6.92 Å². The summed E-state index contributed by atoms with van der Waals surface area (Å²) in [7, 11) is 0. The Morgan fingerprint density at radius 2 is 2.20 bits per heavy atom. The Morgan fingerprint density at radius 3 is 2.40 bits per heavy atom. The van der Waals surface area contributed by atoms with E-state index in [1.165, 1.54) is 0 Å². The molecular formula is C4H4Cl2N3O. The monoisotopic (exact) mass is 180 g/mol. The van der Waals surface area contributed by atoms with E-state index in [0.29, 0.717) is 5.84 Å². The Kier molecular flexibility index (Phi) is 2.01. The molecule has 10 heavy (non-hydrogen) atoms. The van der Waals surface area contributed by atoms with Gasteiger partial charge in [-0.15, -0.1) is 5.10 Å². The van der Waals surface area contributed by atoms with Gasteiger partial charge >= 0.3 is 6.03 Å². The number of carbonyl (C=O) groups excluding carboxylic acids is 1. The highest BCUT2D eigenvalue weighted by Crippen LogP contribution is 2.14. The molecule has 0 aromatic heterocycles. The summed E-state index contributed by atoms with van der Waals surface area (Å²) < 4.78 is 0. The van der Waals surface area contributed by atoms with Crippen molar-refractivity contribution in [2.24, 2.45) is 5.10 Å². The van der Waals surface area contributed by atoms with Gasteiger partial charge in [0.25, 0.3) is 0 Å².